The molecule has 222 valence electrons. The van der Waals surface area contributed by atoms with Crippen LogP contribution < -0.4 is 10.1 Å². The van der Waals surface area contributed by atoms with E-state index in [4.69, 9.17) is 4.74 Å². The minimum atomic E-state index is -0.401. The van der Waals surface area contributed by atoms with Crippen LogP contribution in [0.2, 0.25) is 0 Å². The van der Waals surface area contributed by atoms with Gasteiger partial charge >= 0.3 is 6.09 Å². The molecule has 2 aliphatic rings. The van der Waals surface area contributed by atoms with Gasteiger partial charge in [-0.3, -0.25) is 19.6 Å². The normalized spacial score (nSPS) is 16.8. The van der Waals surface area contributed by atoms with Gasteiger partial charge in [0.15, 0.2) is 0 Å². The van der Waals surface area contributed by atoms with Crippen LogP contribution in [-0.4, -0.2) is 82.5 Å². The molecule has 2 fully saturated rings. The molecule has 1 aromatic carbocycles. The Bertz CT molecular complexity index is 1310. The lowest BCUT2D eigenvalue weighted by Crippen LogP contribution is -2.49. The number of piperazine rings is 1. The summed E-state index contributed by atoms with van der Waals surface area (Å²) in [5.74, 6) is 0.822. The van der Waals surface area contributed by atoms with Gasteiger partial charge in [0, 0.05) is 55.7 Å². The van der Waals surface area contributed by atoms with Gasteiger partial charge in [-0.15, -0.1) is 0 Å². The highest BCUT2D eigenvalue weighted by Crippen LogP contribution is 2.19. The van der Waals surface area contributed by atoms with E-state index in [9.17, 15) is 9.59 Å². The van der Waals surface area contributed by atoms with Crippen LogP contribution in [0.5, 0.6) is 5.88 Å². The largest absolute Gasteiger partial charge is 0.416 e. The molecule has 2 amide bonds. The average Bonchev–Trinajstić information content (AvgIpc) is 3.00. The fourth-order valence-electron chi connectivity index (χ4n) is 5.49. The van der Waals surface area contributed by atoms with Crippen molar-refractivity contribution in [1.82, 2.24) is 24.7 Å². The third-order valence-corrected chi connectivity index (χ3v) is 8.17. The van der Waals surface area contributed by atoms with Crippen molar-refractivity contribution >= 4 is 17.7 Å². The van der Waals surface area contributed by atoms with Gasteiger partial charge in [0.25, 0.3) is 5.91 Å². The number of nitrogens with zero attached hydrogens (tertiary/aromatic N) is 5. The lowest BCUT2D eigenvalue weighted by atomic mass is 9.99. The average molecular weight is 571 g/mol. The summed E-state index contributed by atoms with van der Waals surface area (Å²) >= 11 is 0. The van der Waals surface area contributed by atoms with Crippen LogP contribution in [0.15, 0.2) is 60.8 Å². The molecule has 3 aromatic rings. The molecule has 9 heteroatoms. The molecule has 42 heavy (non-hydrogen) atoms. The predicted octanol–water partition coefficient (Wildman–Crippen LogP) is 5.02. The van der Waals surface area contributed by atoms with Gasteiger partial charge in [0.1, 0.15) is 0 Å². The van der Waals surface area contributed by atoms with Crippen LogP contribution in [0.3, 0.4) is 0 Å². The van der Waals surface area contributed by atoms with Crippen LogP contribution in [0.4, 0.5) is 10.5 Å². The van der Waals surface area contributed by atoms with E-state index in [2.05, 4.69) is 44.1 Å². The van der Waals surface area contributed by atoms with Crippen LogP contribution in [0.1, 0.15) is 53.5 Å². The van der Waals surface area contributed by atoms with E-state index in [1.807, 2.05) is 37.3 Å². The summed E-state index contributed by atoms with van der Waals surface area (Å²) in [5, 5.41) is 2.87. The summed E-state index contributed by atoms with van der Waals surface area (Å²) in [5.41, 5.74) is 4.52. The fraction of sp³-hybridized carbons (Fsp3) is 0.455. The van der Waals surface area contributed by atoms with Gasteiger partial charge in [-0.2, -0.15) is 0 Å². The summed E-state index contributed by atoms with van der Waals surface area (Å²) in [7, 11) is 0. The summed E-state index contributed by atoms with van der Waals surface area (Å²) < 4.78 is 5.50. The monoisotopic (exact) mass is 570 g/mol. The first kappa shape index (κ1) is 29.7. The first-order valence-electron chi connectivity index (χ1n) is 15.1. The van der Waals surface area contributed by atoms with Gasteiger partial charge in [0.05, 0.1) is 11.9 Å². The molecule has 9 nitrogen and oxygen atoms in total. The van der Waals surface area contributed by atoms with Crippen LogP contribution >= 0.6 is 0 Å². The van der Waals surface area contributed by atoms with Crippen molar-refractivity contribution in [3.8, 4) is 5.88 Å². The van der Waals surface area contributed by atoms with Gasteiger partial charge < -0.3 is 15.0 Å². The third-order valence-electron chi connectivity index (χ3n) is 8.17. The van der Waals surface area contributed by atoms with Crippen molar-refractivity contribution in [2.45, 2.75) is 46.1 Å². The Morgan fingerprint density at radius 3 is 2.38 bits per heavy atom. The maximum Gasteiger partial charge on any atom is 0.416 e. The number of carbonyl (C=O) groups excluding carboxylic acids is 2. The summed E-state index contributed by atoms with van der Waals surface area (Å²) in [6, 6.07) is 17.2. The van der Waals surface area contributed by atoms with Gasteiger partial charge in [-0.05, 0) is 94.1 Å². The van der Waals surface area contributed by atoms with E-state index in [1.54, 1.807) is 17.0 Å². The highest BCUT2D eigenvalue weighted by molar-refractivity contribution is 6.04. The third kappa shape index (κ3) is 8.59. The Hall–Kier alpha value is -3.82. The summed E-state index contributed by atoms with van der Waals surface area (Å²) in [6.07, 6.45) is 5.60. The highest BCUT2D eigenvalue weighted by atomic mass is 16.6. The smallest absolute Gasteiger partial charge is 0.391 e. The molecule has 0 saturated carbocycles. The molecule has 0 unspecified atom stereocenters. The van der Waals surface area contributed by atoms with Crippen LogP contribution in [-0.2, 0) is 13.0 Å². The van der Waals surface area contributed by atoms with Gasteiger partial charge in [0.2, 0.25) is 5.88 Å². The standard InChI is InChI=1S/C33H42N6O3/c1-25-14-17-38(18-15-25)24-27-8-10-28(11-9-27)32(40)36-30-12-13-31(34-23-30)42-33(41)39-21-19-37(20-22-39)16-4-7-29-6-3-5-26(2)35-29/h3,5-6,8-13,23,25H,4,7,14-22,24H2,1-2H3,(H,36,40). The first-order valence-corrected chi connectivity index (χ1v) is 15.1. The molecule has 2 saturated heterocycles. The first-order chi connectivity index (χ1) is 20.4. The van der Waals surface area contributed by atoms with Crippen LogP contribution in [0, 0.1) is 12.8 Å². The number of aryl methyl sites for hydroxylation is 2. The number of anilines is 1. The Balaban J connectivity index is 1.02. The fourth-order valence-corrected chi connectivity index (χ4v) is 5.49. The SMILES string of the molecule is Cc1cccc(CCCN2CCN(C(=O)Oc3ccc(NC(=O)c4ccc(CN5CCC(C)CC5)cc4)cn3)CC2)n1. The molecule has 2 aromatic heterocycles. The molecular weight excluding hydrogens is 528 g/mol. The molecule has 0 aliphatic carbocycles. The molecule has 1 N–H and O–H groups in total. The van der Waals surface area contributed by atoms with E-state index in [0.29, 0.717) is 24.3 Å². The number of carbonyl (C=O) groups is 2. The second-order valence-electron chi connectivity index (χ2n) is 11.6. The Labute approximate surface area is 248 Å². The molecule has 4 heterocycles. The van der Waals surface area contributed by atoms with Crippen molar-refractivity contribution in [3.05, 3.63) is 83.3 Å². The Morgan fingerprint density at radius 2 is 1.69 bits per heavy atom. The number of hydrogen-bond acceptors (Lipinski definition) is 7. The molecule has 0 atom stereocenters. The number of nitrogens with one attached hydrogen (secondary N) is 1. The highest BCUT2D eigenvalue weighted by Gasteiger charge is 2.23. The summed E-state index contributed by atoms with van der Waals surface area (Å²) in [6.45, 7) is 11.4. The van der Waals surface area contributed by atoms with E-state index in [-0.39, 0.29) is 11.8 Å². The lowest BCUT2D eigenvalue weighted by Gasteiger charge is -2.33. The van der Waals surface area contributed by atoms with E-state index < -0.39 is 6.09 Å². The zero-order chi connectivity index (χ0) is 29.3. The maximum atomic E-state index is 12.8. The van der Waals surface area contributed by atoms with Crippen molar-refractivity contribution in [3.63, 3.8) is 0 Å². The topological polar surface area (TPSA) is 90.9 Å². The minimum Gasteiger partial charge on any atom is -0.391 e. The minimum absolute atomic E-state index is 0.201. The van der Waals surface area contributed by atoms with Crippen molar-refractivity contribution < 1.29 is 14.3 Å². The maximum absolute atomic E-state index is 12.8. The van der Waals surface area contributed by atoms with Crippen molar-refractivity contribution in [2.75, 3.05) is 51.1 Å². The zero-order valence-electron chi connectivity index (χ0n) is 24.8. The van der Waals surface area contributed by atoms with Crippen molar-refractivity contribution in [2.24, 2.45) is 5.92 Å². The quantitative estimate of drug-likeness (QED) is 0.386. The van der Waals surface area contributed by atoms with E-state index in [0.717, 1.165) is 69.4 Å². The van der Waals surface area contributed by atoms with Crippen LogP contribution in [0.25, 0.3) is 0 Å². The summed E-state index contributed by atoms with van der Waals surface area (Å²) in [4.78, 5) is 40.8. The number of piperidine rings is 1. The number of aromatic nitrogens is 2. The number of pyridine rings is 2. The van der Waals surface area contributed by atoms with Crippen molar-refractivity contribution in [1.29, 1.82) is 0 Å². The predicted molar refractivity (Wildman–Crippen MR) is 164 cm³/mol. The molecule has 0 bridgehead atoms. The second-order valence-corrected chi connectivity index (χ2v) is 11.6. The number of amides is 2. The number of ether oxygens (including phenoxy) is 1. The second kappa shape index (κ2) is 14.4. The molecule has 0 radical (unpaired) electrons. The molecule has 0 spiro atoms. The Morgan fingerprint density at radius 1 is 0.929 bits per heavy atom. The number of hydrogen-bond donors (Lipinski definition) is 1. The van der Waals surface area contributed by atoms with E-state index >= 15 is 0 Å². The molecular formula is C33H42N6O3. The molecule has 2 aliphatic heterocycles. The number of likely N-dealkylation sites (tertiary alicyclic amines) is 1. The molecule has 5 rings (SSSR count). The van der Waals surface area contributed by atoms with Gasteiger partial charge in [-0.25, -0.2) is 9.78 Å². The van der Waals surface area contributed by atoms with E-state index in [1.165, 1.54) is 24.6 Å². The zero-order valence-corrected chi connectivity index (χ0v) is 24.8. The Kier molecular flexibility index (Phi) is 10.2. The lowest BCUT2D eigenvalue weighted by molar-refractivity contribution is 0.102. The van der Waals surface area contributed by atoms with Gasteiger partial charge in [-0.1, -0.05) is 25.1 Å². The number of rotatable bonds is 9. The number of benzene rings is 1.